The molecule has 1 aromatic rings. The summed E-state index contributed by atoms with van der Waals surface area (Å²) in [5, 5.41) is 0. The molecule has 0 aromatic carbocycles. The number of rotatable bonds is 2. The molecule has 4 nitrogen and oxygen atoms in total. The van der Waals surface area contributed by atoms with Gasteiger partial charge in [-0.1, -0.05) is 0 Å². The highest BCUT2D eigenvalue weighted by atomic mass is 16.5. The van der Waals surface area contributed by atoms with Gasteiger partial charge in [-0.2, -0.15) is 0 Å². The normalized spacial score (nSPS) is 22.2. The quantitative estimate of drug-likeness (QED) is 0.642. The summed E-state index contributed by atoms with van der Waals surface area (Å²) in [6.07, 6.45) is 3.95. The maximum atomic E-state index is 5.49. The van der Waals surface area contributed by atoms with Crippen molar-refractivity contribution in [1.29, 1.82) is 0 Å². The predicted octanol–water partition coefficient (Wildman–Crippen LogP) is 0.428. The fraction of sp³-hybridized carbons (Fsp3) is 0.625. The van der Waals surface area contributed by atoms with Crippen LogP contribution in [-0.4, -0.2) is 29.4 Å². The van der Waals surface area contributed by atoms with Crippen molar-refractivity contribution in [3.8, 4) is 0 Å². The summed E-state index contributed by atoms with van der Waals surface area (Å²) >= 11 is 0. The number of nitrogens with zero attached hydrogens (tertiary/aromatic N) is 2. The molecule has 0 N–H and O–H groups in total. The van der Waals surface area contributed by atoms with Gasteiger partial charge in [-0.25, -0.2) is 4.98 Å². The second kappa shape index (κ2) is 3.25. The average molecular weight is 168 g/mol. The molecule has 0 bridgehead atoms. The number of ether oxygens (including phenoxy) is 2. The van der Waals surface area contributed by atoms with Gasteiger partial charge in [-0.15, -0.1) is 0 Å². The van der Waals surface area contributed by atoms with E-state index in [-0.39, 0.29) is 6.10 Å². The van der Waals surface area contributed by atoms with Gasteiger partial charge in [0, 0.05) is 19.5 Å². The molecule has 0 saturated carbocycles. The third-order valence-corrected chi connectivity index (χ3v) is 2.00. The van der Waals surface area contributed by atoms with Gasteiger partial charge < -0.3 is 14.0 Å². The molecule has 0 spiro atoms. The Balaban J connectivity index is 2.05. The lowest BCUT2D eigenvalue weighted by molar-refractivity contribution is -0.0400. The topological polar surface area (TPSA) is 36.3 Å². The van der Waals surface area contributed by atoms with E-state index in [1.54, 1.807) is 13.3 Å². The lowest BCUT2D eigenvalue weighted by atomic mass is 10.3. The van der Waals surface area contributed by atoms with Crippen LogP contribution in [0.3, 0.4) is 0 Å². The second-order valence-corrected chi connectivity index (χ2v) is 2.88. The first-order valence-electron chi connectivity index (χ1n) is 4.00. The van der Waals surface area contributed by atoms with Gasteiger partial charge in [0.2, 0.25) is 0 Å². The van der Waals surface area contributed by atoms with Gasteiger partial charge in [0.05, 0.1) is 19.3 Å². The maximum absolute atomic E-state index is 5.49. The number of fused-ring (bicyclic) bond motifs is 1. The van der Waals surface area contributed by atoms with E-state index in [2.05, 4.69) is 9.55 Å². The van der Waals surface area contributed by atoms with Gasteiger partial charge in [0.15, 0.2) is 0 Å². The zero-order chi connectivity index (χ0) is 8.39. The molecule has 2 rings (SSSR count). The fourth-order valence-electron chi connectivity index (χ4n) is 1.40. The van der Waals surface area contributed by atoms with Crippen LogP contribution < -0.4 is 0 Å². The molecule has 0 radical (unpaired) electrons. The standard InChI is InChI=1S/C8H12N2O2/c1-11-5-7-4-10-3-2-9-8(10)6-12-7/h2-3,7H,4-6H2,1H3/t7-/m1/s1. The number of imidazole rings is 1. The summed E-state index contributed by atoms with van der Waals surface area (Å²) in [5.74, 6) is 1.00. The minimum absolute atomic E-state index is 0.177. The van der Waals surface area contributed by atoms with Crippen molar-refractivity contribution in [3.63, 3.8) is 0 Å². The van der Waals surface area contributed by atoms with Crippen LogP contribution in [0.15, 0.2) is 12.4 Å². The third-order valence-electron chi connectivity index (χ3n) is 2.00. The largest absolute Gasteiger partial charge is 0.382 e. The van der Waals surface area contributed by atoms with Crippen LogP contribution in [0.25, 0.3) is 0 Å². The first-order valence-corrected chi connectivity index (χ1v) is 4.00. The zero-order valence-electron chi connectivity index (χ0n) is 7.06. The Labute approximate surface area is 71.1 Å². The molecule has 1 aliphatic heterocycles. The summed E-state index contributed by atoms with van der Waals surface area (Å²) in [5.41, 5.74) is 0. The zero-order valence-corrected chi connectivity index (χ0v) is 7.06. The summed E-state index contributed by atoms with van der Waals surface area (Å²) in [6, 6.07) is 0. The van der Waals surface area contributed by atoms with Gasteiger partial charge in [0.1, 0.15) is 12.4 Å². The van der Waals surface area contributed by atoms with Crippen molar-refractivity contribution in [3.05, 3.63) is 18.2 Å². The van der Waals surface area contributed by atoms with E-state index in [4.69, 9.17) is 9.47 Å². The van der Waals surface area contributed by atoms with E-state index in [0.717, 1.165) is 12.4 Å². The van der Waals surface area contributed by atoms with Crippen LogP contribution in [-0.2, 0) is 22.6 Å². The van der Waals surface area contributed by atoms with Gasteiger partial charge >= 0.3 is 0 Å². The number of methoxy groups -OCH3 is 1. The number of hydrogen-bond acceptors (Lipinski definition) is 3. The minimum atomic E-state index is 0.177. The Morgan fingerprint density at radius 3 is 3.58 bits per heavy atom. The molecule has 12 heavy (non-hydrogen) atoms. The third kappa shape index (κ3) is 1.35. The molecule has 66 valence electrons. The summed E-state index contributed by atoms with van der Waals surface area (Å²) < 4.78 is 12.6. The van der Waals surface area contributed by atoms with Crippen LogP contribution in [0.2, 0.25) is 0 Å². The van der Waals surface area contributed by atoms with E-state index >= 15 is 0 Å². The number of aromatic nitrogens is 2. The van der Waals surface area contributed by atoms with Crippen LogP contribution in [0, 0.1) is 0 Å². The van der Waals surface area contributed by atoms with Crippen molar-refractivity contribution < 1.29 is 9.47 Å². The second-order valence-electron chi connectivity index (χ2n) is 2.88. The highest BCUT2D eigenvalue weighted by molar-refractivity contribution is 4.93. The van der Waals surface area contributed by atoms with Crippen molar-refractivity contribution in [2.24, 2.45) is 0 Å². The monoisotopic (exact) mass is 168 g/mol. The molecule has 0 aliphatic carbocycles. The average Bonchev–Trinajstić information content (AvgIpc) is 2.51. The molecule has 1 aromatic heterocycles. The fourth-order valence-corrected chi connectivity index (χ4v) is 1.40. The van der Waals surface area contributed by atoms with E-state index in [9.17, 15) is 0 Å². The molecular weight excluding hydrogens is 156 g/mol. The summed E-state index contributed by atoms with van der Waals surface area (Å²) in [7, 11) is 1.69. The van der Waals surface area contributed by atoms with E-state index in [0.29, 0.717) is 13.2 Å². The lowest BCUT2D eigenvalue weighted by Crippen LogP contribution is -2.30. The van der Waals surface area contributed by atoms with Gasteiger partial charge in [-0.05, 0) is 0 Å². The SMILES string of the molecule is COC[C@H]1Cn2ccnc2CO1. The molecule has 4 heteroatoms. The van der Waals surface area contributed by atoms with Crippen LogP contribution in [0.4, 0.5) is 0 Å². The summed E-state index contributed by atoms with van der Waals surface area (Å²) in [4.78, 5) is 4.15. The Morgan fingerprint density at radius 1 is 1.83 bits per heavy atom. The highest BCUT2D eigenvalue weighted by Crippen LogP contribution is 2.11. The Morgan fingerprint density at radius 2 is 2.75 bits per heavy atom. The molecule has 0 amide bonds. The van der Waals surface area contributed by atoms with Crippen molar-refractivity contribution in [2.75, 3.05) is 13.7 Å². The number of hydrogen-bond donors (Lipinski definition) is 0. The van der Waals surface area contributed by atoms with E-state index < -0.39 is 0 Å². The molecule has 0 saturated heterocycles. The smallest absolute Gasteiger partial charge is 0.134 e. The van der Waals surface area contributed by atoms with E-state index in [1.807, 2.05) is 6.20 Å². The van der Waals surface area contributed by atoms with Gasteiger partial charge in [0.25, 0.3) is 0 Å². The van der Waals surface area contributed by atoms with E-state index in [1.165, 1.54) is 0 Å². The van der Waals surface area contributed by atoms with Crippen LogP contribution >= 0.6 is 0 Å². The van der Waals surface area contributed by atoms with Crippen molar-refractivity contribution in [1.82, 2.24) is 9.55 Å². The minimum Gasteiger partial charge on any atom is -0.382 e. The summed E-state index contributed by atoms with van der Waals surface area (Å²) in [6.45, 7) is 2.10. The van der Waals surface area contributed by atoms with Crippen LogP contribution in [0.1, 0.15) is 5.82 Å². The molecule has 2 heterocycles. The maximum Gasteiger partial charge on any atom is 0.134 e. The first-order chi connectivity index (χ1) is 5.90. The Hall–Kier alpha value is -0.870. The van der Waals surface area contributed by atoms with Crippen molar-refractivity contribution >= 4 is 0 Å². The highest BCUT2D eigenvalue weighted by Gasteiger charge is 2.18. The molecular formula is C8H12N2O2. The van der Waals surface area contributed by atoms with Gasteiger partial charge in [-0.3, -0.25) is 0 Å². The molecule has 1 atom stereocenters. The first kappa shape index (κ1) is 7.76. The Bertz CT molecular complexity index is 259. The molecule has 0 fully saturated rings. The molecule has 0 unspecified atom stereocenters. The lowest BCUT2D eigenvalue weighted by Gasteiger charge is -2.23. The van der Waals surface area contributed by atoms with Crippen molar-refractivity contribution in [2.45, 2.75) is 19.3 Å². The molecule has 1 aliphatic rings. The predicted molar refractivity (Wildman–Crippen MR) is 42.7 cm³/mol. The van der Waals surface area contributed by atoms with Crippen LogP contribution in [0.5, 0.6) is 0 Å². The Kier molecular flexibility index (Phi) is 2.10.